The molecule has 0 aromatic heterocycles. The van der Waals surface area contributed by atoms with Crippen molar-refractivity contribution in [1.29, 1.82) is 0 Å². The highest BCUT2D eigenvalue weighted by Gasteiger charge is 2.30. The Morgan fingerprint density at radius 1 is 1.03 bits per heavy atom. The van der Waals surface area contributed by atoms with Crippen LogP contribution in [0, 0.1) is 0 Å². The van der Waals surface area contributed by atoms with Gasteiger partial charge in [0.05, 0.1) is 13.2 Å². The van der Waals surface area contributed by atoms with Gasteiger partial charge in [-0.05, 0) is 47.7 Å². The Morgan fingerprint density at radius 2 is 1.90 bits per heavy atom. The second-order valence-electron chi connectivity index (χ2n) is 7.76. The fourth-order valence-electron chi connectivity index (χ4n) is 4.28. The van der Waals surface area contributed by atoms with E-state index in [1.165, 1.54) is 5.06 Å². The molecule has 0 aliphatic carbocycles. The number of methoxy groups -OCH3 is 1. The van der Waals surface area contributed by atoms with Crippen LogP contribution >= 0.6 is 0 Å². The summed E-state index contributed by atoms with van der Waals surface area (Å²) in [6.45, 7) is 1.25. The quantitative estimate of drug-likeness (QED) is 0.633. The highest BCUT2D eigenvalue weighted by molar-refractivity contribution is 5.52. The zero-order valence-electron chi connectivity index (χ0n) is 17.4. The third-order valence-electron chi connectivity index (χ3n) is 5.88. The van der Waals surface area contributed by atoms with Gasteiger partial charge >= 0.3 is 0 Å². The Bertz CT molecular complexity index is 1070. The maximum absolute atomic E-state index is 10.7. The second-order valence-corrected chi connectivity index (χ2v) is 7.76. The zero-order valence-corrected chi connectivity index (χ0v) is 17.4. The fourth-order valence-corrected chi connectivity index (χ4v) is 4.28. The minimum Gasteiger partial charge on any atom is -0.493 e. The lowest BCUT2D eigenvalue weighted by Crippen LogP contribution is -2.34. The molecule has 160 valence electrons. The van der Waals surface area contributed by atoms with Crippen LogP contribution < -0.4 is 18.9 Å². The number of fused-ring (bicyclic) bond motifs is 2. The first-order chi connectivity index (χ1) is 15.2. The number of hydroxylamine groups is 2. The second kappa shape index (κ2) is 8.49. The molecule has 3 aromatic carbocycles. The predicted octanol–water partition coefficient (Wildman–Crippen LogP) is 4.53. The van der Waals surface area contributed by atoms with E-state index in [9.17, 15) is 5.21 Å². The molecule has 2 heterocycles. The van der Waals surface area contributed by atoms with Gasteiger partial charge in [0.25, 0.3) is 0 Å². The molecule has 1 N–H and O–H groups in total. The van der Waals surface area contributed by atoms with Crippen LogP contribution in [0.15, 0.2) is 60.7 Å². The minimum atomic E-state index is -0.212. The number of rotatable bonds is 6. The molecular formula is C25H25NO5. The van der Waals surface area contributed by atoms with Crippen molar-refractivity contribution in [2.45, 2.75) is 25.5 Å². The first-order valence-electron chi connectivity index (χ1n) is 10.4. The van der Waals surface area contributed by atoms with Crippen LogP contribution in [0.5, 0.6) is 23.0 Å². The summed E-state index contributed by atoms with van der Waals surface area (Å²) in [6.07, 6.45) is 1.34. The minimum absolute atomic E-state index is 0.212. The number of para-hydroxylation sites is 1. The average molecular weight is 419 g/mol. The van der Waals surface area contributed by atoms with E-state index < -0.39 is 0 Å². The molecule has 5 rings (SSSR count). The topological polar surface area (TPSA) is 60.4 Å². The smallest absolute Gasteiger partial charge is 0.231 e. The molecule has 6 nitrogen and oxygen atoms in total. The number of hydrogen-bond acceptors (Lipinski definition) is 6. The van der Waals surface area contributed by atoms with Gasteiger partial charge in [0.2, 0.25) is 6.79 Å². The van der Waals surface area contributed by atoms with Crippen molar-refractivity contribution in [1.82, 2.24) is 5.06 Å². The van der Waals surface area contributed by atoms with Crippen molar-refractivity contribution < 1.29 is 24.2 Å². The van der Waals surface area contributed by atoms with Gasteiger partial charge in [0.15, 0.2) is 23.0 Å². The van der Waals surface area contributed by atoms with Crippen molar-refractivity contribution >= 4 is 0 Å². The third-order valence-corrected chi connectivity index (χ3v) is 5.88. The maximum Gasteiger partial charge on any atom is 0.231 e. The van der Waals surface area contributed by atoms with E-state index >= 15 is 0 Å². The highest BCUT2D eigenvalue weighted by Crippen LogP contribution is 2.42. The molecule has 0 bridgehead atoms. The molecular weight excluding hydrogens is 394 g/mol. The molecule has 0 fully saturated rings. The van der Waals surface area contributed by atoms with Crippen molar-refractivity contribution in [2.75, 3.05) is 20.4 Å². The van der Waals surface area contributed by atoms with Gasteiger partial charge in [-0.15, -0.1) is 0 Å². The van der Waals surface area contributed by atoms with Crippen molar-refractivity contribution in [3.63, 3.8) is 0 Å². The molecule has 2 aliphatic heterocycles. The van der Waals surface area contributed by atoms with Gasteiger partial charge in [-0.3, -0.25) is 0 Å². The van der Waals surface area contributed by atoms with Crippen LogP contribution in [0.3, 0.4) is 0 Å². The summed E-state index contributed by atoms with van der Waals surface area (Å²) in [4.78, 5) is 0. The van der Waals surface area contributed by atoms with Gasteiger partial charge in [-0.2, -0.15) is 5.06 Å². The summed E-state index contributed by atoms with van der Waals surface area (Å²) in [5, 5.41) is 12.1. The standard InChI is InChI=1S/C25H25NO5/c1-28-23-14-20-18(13-24(23)29-15-17-6-3-2-4-7-17)10-11-26(27)21(20)12-19-8-5-9-22-25(19)31-16-30-22/h2-9,13-14,21,27H,10-12,15-16H2,1H3. The molecule has 0 saturated heterocycles. The number of nitrogens with zero attached hydrogens (tertiary/aromatic N) is 1. The largest absolute Gasteiger partial charge is 0.493 e. The normalized spacial score (nSPS) is 17.3. The Hall–Kier alpha value is -3.22. The number of hydrogen-bond donors (Lipinski definition) is 1. The van der Waals surface area contributed by atoms with Gasteiger partial charge in [-0.25, -0.2) is 0 Å². The number of benzene rings is 3. The van der Waals surface area contributed by atoms with E-state index in [1.807, 2.05) is 60.7 Å². The van der Waals surface area contributed by atoms with Crippen LogP contribution in [-0.2, 0) is 19.4 Å². The van der Waals surface area contributed by atoms with Crippen molar-refractivity contribution in [2.24, 2.45) is 0 Å². The van der Waals surface area contributed by atoms with Gasteiger partial charge in [-0.1, -0.05) is 42.5 Å². The average Bonchev–Trinajstić information content (AvgIpc) is 3.29. The Morgan fingerprint density at radius 3 is 2.74 bits per heavy atom. The summed E-state index contributed by atoms with van der Waals surface area (Å²) < 4.78 is 22.9. The summed E-state index contributed by atoms with van der Waals surface area (Å²) in [5.41, 5.74) is 4.30. The number of ether oxygens (including phenoxy) is 4. The van der Waals surface area contributed by atoms with Crippen molar-refractivity contribution in [3.8, 4) is 23.0 Å². The lowest BCUT2D eigenvalue weighted by molar-refractivity contribution is -0.133. The lowest BCUT2D eigenvalue weighted by atomic mass is 9.89. The molecule has 6 heteroatoms. The maximum atomic E-state index is 10.7. The fraction of sp³-hybridized carbons (Fsp3) is 0.280. The summed E-state index contributed by atoms with van der Waals surface area (Å²) in [6, 6.07) is 19.8. The lowest BCUT2D eigenvalue weighted by Gasteiger charge is -2.33. The summed E-state index contributed by atoms with van der Waals surface area (Å²) in [5.74, 6) is 2.89. The molecule has 1 unspecified atom stereocenters. The van der Waals surface area contributed by atoms with Gasteiger partial charge in [0.1, 0.15) is 6.61 Å². The zero-order chi connectivity index (χ0) is 21.2. The molecule has 0 spiro atoms. The van der Waals surface area contributed by atoms with E-state index in [1.54, 1.807) is 7.11 Å². The van der Waals surface area contributed by atoms with Crippen molar-refractivity contribution in [3.05, 3.63) is 82.9 Å². The third kappa shape index (κ3) is 3.92. The first-order valence-corrected chi connectivity index (χ1v) is 10.4. The Labute approximate surface area is 181 Å². The van der Waals surface area contributed by atoms with E-state index in [2.05, 4.69) is 0 Å². The van der Waals surface area contributed by atoms with E-state index in [0.29, 0.717) is 31.1 Å². The van der Waals surface area contributed by atoms with Crippen LogP contribution in [-0.4, -0.2) is 30.7 Å². The summed E-state index contributed by atoms with van der Waals surface area (Å²) in [7, 11) is 1.64. The molecule has 0 saturated carbocycles. The van der Waals surface area contributed by atoms with E-state index in [4.69, 9.17) is 18.9 Å². The van der Waals surface area contributed by atoms with Crippen LogP contribution in [0.2, 0.25) is 0 Å². The van der Waals surface area contributed by atoms with Gasteiger partial charge < -0.3 is 24.2 Å². The molecule has 31 heavy (non-hydrogen) atoms. The molecule has 0 amide bonds. The van der Waals surface area contributed by atoms with E-state index in [-0.39, 0.29) is 12.8 Å². The predicted molar refractivity (Wildman–Crippen MR) is 115 cm³/mol. The highest BCUT2D eigenvalue weighted by atomic mass is 16.7. The molecule has 0 radical (unpaired) electrons. The summed E-state index contributed by atoms with van der Waals surface area (Å²) >= 11 is 0. The Kier molecular flexibility index (Phi) is 5.40. The van der Waals surface area contributed by atoms with Gasteiger partial charge in [0, 0.05) is 12.1 Å². The molecule has 2 aliphatic rings. The SMILES string of the molecule is COc1cc2c(cc1OCc1ccccc1)CCN(O)C2Cc1cccc2c1OCO2. The van der Waals surface area contributed by atoms with E-state index in [0.717, 1.165) is 40.2 Å². The molecule has 1 atom stereocenters. The van der Waals surface area contributed by atoms with Crippen LogP contribution in [0.25, 0.3) is 0 Å². The first kappa shape index (κ1) is 19.7. The monoisotopic (exact) mass is 419 g/mol. The van der Waals surface area contributed by atoms with Crippen LogP contribution in [0.1, 0.15) is 28.3 Å². The van der Waals surface area contributed by atoms with Crippen LogP contribution in [0.4, 0.5) is 0 Å². The molecule has 3 aromatic rings. The Balaban J connectivity index is 1.44.